The molecule has 0 aliphatic heterocycles. The van der Waals surface area contributed by atoms with Crippen molar-refractivity contribution in [2.75, 3.05) is 6.54 Å². The van der Waals surface area contributed by atoms with Crippen LogP contribution in [0.3, 0.4) is 0 Å². The lowest BCUT2D eigenvalue weighted by molar-refractivity contribution is 0.543. The van der Waals surface area contributed by atoms with Crippen LogP contribution < -0.4 is 5.73 Å². The summed E-state index contributed by atoms with van der Waals surface area (Å²) in [5, 5.41) is 2.67. The van der Waals surface area contributed by atoms with Gasteiger partial charge in [-0.15, -0.1) is 0 Å². The molecule has 0 saturated carbocycles. The summed E-state index contributed by atoms with van der Waals surface area (Å²) >= 11 is 0. The number of aryl methyl sites for hydroxylation is 1. The first-order valence-corrected chi connectivity index (χ1v) is 5.75. The molecule has 0 heterocycles. The van der Waals surface area contributed by atoms with Gasteiger partial charge in [0.05, 0.1) is 0 Å². The molecule has 0 unspecified atom stereocenters. The number of rotatable bonds is 2. The first kappa shape index (κ1) is 11.2. The Bertz CT molecular complexity index is 507. The van der Waals surface area contributed by atoms with Crippen molar-refractivity contribution in [3.63, 3.8) is 0 Å². The van der Waals surface area contributed by atoms with E-state index < -0.39 is 0 Å². The van der Waals surface area contributed by atoms with Gasteiger partial charge in [-0.05, 0) is 28.8 Å². The van der Waals surface area contributed by atoms with E-state index >= 15 is 0 Å². The number of benzene rings is 2. The van der Waals surface area contributed by atoms with Crippen molar-refractivity contribution in [2.45, 2.75) is 26.2 Å². The van der Waals surface area contributed by atoms with Gasteiger partial charge < -0.3 is 5.73 Å². The van der Waals surface area contributed by atoms with Crippen LogP contribution in [0.25, 0.3) is 10.8 Å². The van der Waals surface area contributed by atoms with E-state index in [2.05, 4.69) is 57.2 Å². The van der Waals surface area contributed by atoms with Crippen LogP contribution in [0.4, 0.5) is 0 Å². The Morgan fingerprint density at radius 3 is 2.31 bits per heavy atom. The molecule has 2 aromatic carbocycles. The molecule has 2 rings (SSSR count). The van der Waals surface area contributed by atoms with Crippen LogP contribution in [0, 0.1) is 6.92 Å². The molecule has 84 valence electrons. The molecular formula is C15H19N. The van der Waals surface area contributed by atoms with Crippen molar-refractivity contribution in [2.24, 2.45) is 5.73 Å². The van der Waals surface area contributed by atoms with Gasteiger partial charge in [0.25, 0.3) is 0 Å². The zero-order valence-electron chi connectivity index (χ0n) is 10.2. The van der Waals surface area contributed by atoms with Gasteiger partial charge in [0.15, 0.2) is 0 Å². The minimum atomic E-state index is 0.0334. The van der Waals surface area contributed by atoms with E-state index in [9.17, 15) is 0 Å². The van der Waals surface area contributed by atoms with Crippen LogP contribution in [0.1, 0.15) is 25.0 Å². The smallest absolute Gasteiger partial charge is 0.00253 e. The third-order valence-electron chi connectivity index (χ3n) is 3.35. The average Bonchev–Trinajstić information content (AvgIpc) is 2.29. The quantitative estimate of drug-likeness (QED) is 0.813. The maximum atomic E-state index is 5.88. The van der Waals surface area contributed by atoms with Gasteiger partial charge in [-0.2, -0.15) is 0 Å². The van der Waals surface area contributed by atoms with Crippen molar-refractivity contribution in [1.82, 2.24) is 0 Å². The van der Waals surface area contributed by atoms with Crippen molar-refractivity contribution in [3.8, 4) is 0 Å². The molecule has 2 N–H and O–H groups in total. The number of hydrogen-bond acceptors (Lipinski definition) is 1. The number of nitrogens with two attached hydrogens (primary N) is 1. The lowest BCUT2D eigenvalue weighted by Gasteiger charge is -2.25. The Hall–Kier alpha value is -1.34. The van der Waals surface area contributed by atoms with Gasteiger partial charge in [0.1, 0.15) is 0 Å². The summed E-state index contributed by atoms with van der Waals surface area (Å²) in [6.45, 7) is 7.24. The highest BCUT2D eigenvalue weighted by molar-refractivity contribution is 5.89. The summed E-state index contributed by atoms with van der Waals surface area (Å²) in [6, 6.07) is 12.9. The standard InChI is InChI=1S/C15H19N/c1-11-6-4-7-12-8-5-9-13(14(11)12)15(2,3)10-16/h4-9H,10,16H2,1-3H3. The van der Waals surface area contributed by atoms with Crippen LogP contribution in [-0.2, 0) is 5.41 Å². The third-order valence-corrected chi connectivity index (χ3v) is 3.35. The predicted molar refractivity (Wildman–Crippen MR) is 70.8 cm³/mol. The fourth-order valence-corrected chi connectivity index (χ4v) is 2.20. The maximum absolute atomic E-state index is 5.88. The van der Waals surface area contributed by atoms with Gasteiger partial charge >= 0.3 is 0 Å². The molecule has 0 aliphatic rings. The number of fused-ring (bicyclic) bond motifs is 1. The lowest BCUT2D eigenvalue weighted by atomic mass is 9.81. The molecule has 0 atom stereocenters. The second-order valence-corrected chi connectivity index (χ2v) is 5.07. The summed E-state index contributed by atoms with van der Waals surface area (Å²) in [5.41, 5.74) is 8.59. The maximum Gasteiger partial charge on any atom is 0.00253 e. The van der Waals surface area contributed by atoms with Crippen LogP contribution in [0.2, 0.25) is 0 Å². The zero-order valence-corrected chi connectivity index (χ0v) is 10.2. The summed E-state index contributed by atoms with van der Waals surface area (Å²) in [6.07, 6.45) is 0. The summed E-state index contributed by atoms with van der Waals surface area (Å²) < 4.78 is 0. The monoisotopic (exact) mass is 213 g/mol. The van der Waals surface area contributed by atoms with Crippen LogP contribution >= 0.6 is 0 Å². The second-order valence-electron chi connectivity index (χ2n) is 5.07. The Balaban J connectivity index is 2.80. The minimum Gasteiger partial charge on any atom is -0.330 e. The van der Waals surface area contributed by atoms with Crippen LogP contribution in [0.15, 0.2) is 36.4 Å². The average molecular weight is 213 g/mol. The molecule has 1 nitrogen and oxygen atoms in total. The lowest BCUT2D eigenvalue weighted by Crippen LogP contribution is -2.28. The molecule has 0 aliphatic carbocycles. The number of hydrogen-bond donors (Lipinski definition) is 1. The Labute approximate surface area is 97.3 Å². The molecule has 0 fully saturated rings. The fourth-order valence-electron chi connectivity index (χ4n) is 2.20. The second kappa shape index (κ2) is 3.91. The van der Waals surface area contributed by atoms with Crippen molar-refractivity contribution in [3.05, 3.63) is 47.5 Å². The largest absolute Gasteiger partial charge is 0.330 e. The normalized spacial score (nSPS) is 12.0. The molecule has 16 heavy (non-hydrogen) atoms. The summed E-state index contributed by atoms with van der Waals surface area (Å²) in [5.74, 6) is 0. The van der Waals surface area contributed by atoms with E-state index in [-0.39, 0.29) is 5.41 Å². The molecule has 0 radical (unpaired) electrons. The highest BCUT2D eigenvalue weighted by Gasteiger charge is 2.21. The Kier molecular flexibility index (Phi) is 2.73. The fraction of sp³-hybridized carbons (Fsp3) is 0.333. The highest BCUT2D eigenvalue weighted by atomic mass is 14.6. The molecule has 2 aromatic rings. The van der Waals surface area contributed by atoms with E-state index in [4.69, 9.17) is 5.73 Å². The molecule has 0 saturated heterocycles. The van der Waals surface area contributed by atoms with Crippen molar-refractivity contribution < 1.29 is 0 Å². The first-order chi connectivity index (χ1) is 7.56. The zero-order chi connectivity index (χ0) is 11.8. The van der Waals surface area contributed by atoms with E-state index in [1.165, 1.54) is 21.9 Å². The van der Waals surface area contributed by atoms with E-state index in [1.807, 2.05) is 0 Å². The van der Waals surface area contributed by atoms with Crippen LogP contribution in [-0.4, -0.2) is 6.54 Å². The molecule has 0 aromatic heterocycles. The van der Waals surface area contributed by atoms with E-state index in [0.29, 0.717) is 6.54 Å². The van der Waals surface area contributed by atoms with Gasteiger partial charge in [0.2, 0.25) is 0 Å². The minimum absolute atomic E-state index is 0.0334. The molecule has 0 bridgehead atoms. The first-order valence-electron chi connectivity index (χ1n) is 5.75. The van der Waals surface area contributed by atoms with Gasteiger partial charge in [-0.3, -0.25) is 0 Å². The summed E-state index contributed by atoms with van der Waals surface area (Å²) in [7, 11) is 0. The topological polar surface area (TPSA) is 26.0 Å². The Morgan fingerprint density at radius 2 is 1.69 bits per heavy atom. The molecular weight excluding hydrogens is 194 g/mol. The van der Waals surface area contributed by atoms with Crippen molar-refractivity contribution >= 4 is 10.8 Å². The third kappa shape index (κ3) is 1.72. The SMILES string of the molecule is Cc1cccc2cccc(C(C)(C)CN)c12. The Morgan fingerprint density at radius 1 is 1.06 bits per heavy atom. The van der Waals surface area contributed by atoms with Crippen molar-refractivity contribution in [1.29, 1.82) is 0 Å². The molecule has 1 heteroatoms. The van der Waals surface area contributed by atoms with E-state index in [0.717, 1.165) is 0 Å². The van der Waals surface area contributed by atoms with Gasteiger partial charge in [-0.1, -0.05) is 50.2 Å². The highest BCUT2D eigenvalue weighted by Crippen LogP contribution is 2.31. The molecule has 0 amide bonds. The van der Waals surface area contributed by atoms with Gasteiger partial charge in [0, 0.05) is 12.0 Å². The molecule has 0 spiro atoms. The summed E-state index contributed by atoms with van der Waals surface area (Å²) in [4.78, 5) is 0. The van der Waals surface area contributed by atoms with Gasteiger partial charge in [-0.25, -0.2) is 0 Å². The predicted octanol–water partition coefficient (Wildman–Crippen LogP) is 3.38. The van der Waals surface area contributed by atoms with E-state index in [1.54, 1.807) is 0 Å². The van der Waals surface area contributed by atoms with Crippen LogP contribution in [0.5, 0.6) is 0 Å².